The maximum atomic E-state index is 13.7. The normalized spacial score (nSPS) is 10.9. The molecular weight excluding hydrogens is 302 g/mol. The number of hydrogen-bond donors (Lipinski definition) is 0. The van der Waals surface area contributed by atoms with Crippen molar-refractivity contribution in [3.05, 3.63) is 59.7 Å². The van der Waals surface area contributed by atoms with Crippen LogP contribution < -0.4 is 0 Å². The quantitative estimate of drug-likeness (QED) is 0.742. The first-order valence-electron chi connectivity index (χ1n) is 7.01. The van der Waals surface area contributed by atoms with Crippen molar-refractivity contribution in [3.63, 3.8) is 0 Å². The molecule has 0 N–H and O–H groups in total. The lowest BCUT2D eigenvalue weighted by molar-refractivity contribution is -0.131. The molecule has 0 bridgehead atoms. The molecule has 7 heteroatoms. The molecule has 1 aromatic heterocycles. The number of likely N-dealkylation sites (N-methyl/N-ethyl adjacent to an activating group) is 1. The number of aromatic nitrogens is 3. The van der Waals surface area contributed by atoms with Gasteiger partial charge in [-0.3, -0.25) is 4.79 Å². The summed E-state index contributed by atoms with van der Waals surface area (Å²) in [6.07, 6.45) is 0. The van der Waals surface area contributed by atoms with Crippen LogP contribution in [-0.2, 0) is 17.9 Å². The topological polar surface area (TPSA) is 51.0 Å². The van der Waals surface area contributed by atoms with Gasteiger partial charge in [0.1, 0.15) is 23.7 Å². The zero-order valence-electron chi connectivity index (χ0n) is 12.4. The van der Waals surface area contributed by atoms with E-state index in [1.807, 2.05) is 18.2 Å². The first kappa shape index (κ1) is 15.1. The summed E-state index contributed by atoms with van der Waals surface area (Å²) < 4.78 is 28.1. The van der Waals surface area contributed by atoms with Crippen molar-refractivity contribution in [1.29, 1.82) is 0 Å². The number of carbonyl (C=O) groups excluding carboxylic acids is 1. The third-order valence-corrected chi connectivity index (χ3v) is 3.55. The van der Waals surface area contributed by atoms with E-state index in [0.29, 0.717) is 5.52 Å². The lowest BCUT2D eigenvalue weighted by atomic mass is 10.2. The first-order valence-corrected chi connectivity index (χ1v) is 7.01. The van der Waals surface area contributed by atoms with Gasteiger partial charge in [0.15, 0.2) is 0 Å². The highest BCUT2D eigenvalue weighted by molar-refractivity contribution is 5.79. The molecule has 1 heterocycles. The number of rotatable bonds is 4. The summed E-state index contributed by atoms with van der Waals surface area (Å²) in [7, 11) is 1.56. The van der Waals surface area contributed by atoms with Gasteiger partial charge in [0.05, 0.1) is 5.52 Å². The molecule has 23 heavy (non-hydrogen) atoms. The monoisotopic (exact) mass is 316 g/mol. The number of halogens is 2. The summed E-state index contributed by atoms with van der Waals surface area (Å²) in [6.45, 7) is 0.0530. The van der Waals surface area contributed by atoms with Gasteiger partial charge >= 0.3 is 0 Å². The van der Waals surface area contributed by atoms with E-state index in [1.54, 1.807) is 13.1 Å². The minimum Gasteiger partial charge on any atom is -0.340 e. The van der Waals surface area contributed by atoms with Crippen LogP contribution in [0.3, 0.4) is 0 Å². The molecule has 118 valence electrons. The zero-order valence-corrected chi connectivity index (χ0v) is 12.4. The molecule has 0 aliphatic rings. The molecule has 0 unspecified atom stereocenters. The van der Waals surface area contributed by atoms with Gasteiger partial charge in [-0.15, -0.1) is 5.10 Å². The minimum atomic E-state index is -0.671. The summed E-state index contributed by atoms with van der Waals surface area (Å²) in [6, 6.07) is 10.6. The summed E-state index contributed by atoms with van der Waals surface area (Å²) in [4.78, 5) is 13.6. The van der Waals surface area contributed by atoms with Crippen molar-refractivity contribution < 1.29 is 13.6 Å². The molecule has 3 rings (SSSR count). The highest BCUT2D eigenvalue weighted by atomic mass is 19.1. The average Bonchev–Trinajstić information content (AvgIpc) is 2.93. The number of carbonyl (C=O) groups is 1. The first-order chi connectivity index (χ1) is 11.0. The SMILES string of the molecule is CN(Cc1ccc(F)cc1F)C(=O)Cn1nnc2ccccc21. The van der Waals surface area contributed by atoms with Crippen LogP contribution in [0.5, 0.6) is 0 Å². The van der Waals surface area contributed by atoms with E-state index in [1.165, 1.54) is 21.7 Å². The Kier molecular flexibility index (Phi) is 4.01. The molecule has 0 fully saturated rings. The second kappa shape index (κ2) is 6.12. The lowest BCUT2D eigenvalue weighted by Crippen LogP contribution is -2.30. The number of nitrogens with zero attached hydrogens (tertiary/aromatic N) is 4. The van der Waals surface area contributed by atoms with Crippen LogP contribution in [0, 0.1) is 11.6 Å². The summed E-state index contributed by atoms with van der Waals surface area (Å²) in [5, 5.41) is 7.93. The Bertz CT molecular complexity index is 862. The van der Waals surface area contributed by atoms with Gasteiger partial charge in [0.2, 0.25) is 5.91 Å². The maximum Gasteiger partial charge on any atom is 0.244 e. The predicted molar refractivity (Wildman–Crippen MR) is 80.4 cm³/mol. The molecule has 0 atom stereocenters. The van der Waals surface area contributed by atoms with E-state index < -0.39 is 11.6 Å². The van der Waals surface area contributed by atoms with Crippen LogP contribution in [-0.4, -0.2) is 32.8 Å². The standard InChI is InChI=1S/C16H14F2N4O/c1-21(9-11-6-7-12(17)8-13(11)18)16(23)10-22-15-5-3-2-4-14(15)19-20-22/h2-8H,9-10H2,1H3. The van der Waals surface area contributed by atoms with Crippen LogP contribution in [0.1, 0.15) is 5.56 Å². The van der Waals surface area contributed by atoms with E-state index in [0.717, 1.165) is 11.6 Å². The van der Waals surface area contributed by atoms with Gasteiger partial charge in [0, 0.05) is 25.2 Å². The molecule has 0 aliphatic heterocycles. The fraction of sp³-hybridized carbons (Fsp3) is 0.188. The van der Waals surface area contributed by atoms with Crippen LogP contribution >= 0.6 is 0 Å². The zero-order chi connectivity index (χ0) is 16.4. The second-order valence-corrected chi connectivity index (χ2v) is 5.22. The van der Waals surface area contributed by atoms with E-state index in [4.69, 9.17) is 0 Å². The van der Waals surface area contributed by atoms with E-state index in [9.17, 15) is 13.6 Å². The maximum absolute atomic E-state index is 13.7. The van der Waals surface area contributed by atoms with Crippen molar-refractivity contribution in [2.75, 3.05) is 7.05 Å². The summed E-state index contributed by atoms with van der Waals surface area (Å²) >= 11 is 0. The largest absolute Gasteiger partial charge is 0.340 e. The van der Waals surface area contributed by atoms with Crippen molar-refractivity contribution >= 4 is 16.9 Å². The molecule has 0 aliphatic carbocycles. The number of amides is 1. The Hall–Kier alpha value is -2.83. The van der Waals surface area contributed by atoms with Gasteiger partial charge < -0.3 is 4.90 Å². The Morgan fingerprint density at radius 1 is 1.22 bits per heavy atom. The molecule has 3 aromatic rings. The minimum absolute atomic E-state index is 0.000172. The Morgan fingerprint density at radius 3 is 2.78 bits per heavy atom. The third kappa shape index (κ3) is 3.18. The van der Waals surface area contributed by atoms with Crippen molar-refractivity contribution in [2.24, 2.45) is 0 Å². The molecule has 1 amide bonds. The van der Waals surface area contributed by atoms with Crippen molar-refractivity contribution in [1.82, 2.24) is 19.9 Å². The Balaban J connectivity index is 1.72. The average molecular weight is 316 g/mol. The van der Waals surface area contributed by atoms with Gasteiger partial charge in [-0.1, -0.05) is 23.4 Å². The molecule has 0 saturated carbocycles. The van der Waals surface area contributed by atoms with Crippen LogP contribution in [0.2, 0.25) is 0 Å². The second-order valence-electron chi connectivity index (χ2n) is 5.22. The fourth-order valence-corrected chi connectivity index (χ4v) is 2.28. The number of fused-ring (bicyclic) bond motifs is 1. The molecular formula is C16H14F2N4O. The summed E-state index contributed by atoms with van der Waals surface area (Å²) in [5.74, 6) is -1.56. The molecule has 0 radical (unpaired) electrons. The Labute approximate surface area is 131 Å². The molecule has 0 saturated heterocycles. The predicted octanol–water partition coefficient (Wildman–Crippen LogP) is 2.37. The van der Waals surface area contributed by atoms with Crippen LogP contribution in [0.25, 0.3) is 11.0 Å². The van der Waals surface area contributed by atoms with Crippen LogP contribution in [0.4, 0.5) is 8.78 Å². The van der Waals surface area contributed by atoms with Gasteiger partial charge in [-0.25, -0.2) is 13.5 Å². The molecule has 5 nitrogen and oxygen atoms in total. The molecule has 0 spiro atoms. The summed E-state index contributed by atoms with van der Waals surface area (Å²) in [5.41, 5.74) is 1.71. The van der Waals surface area contributed by atoms with E-state index >= 15 is 0 Å². The van der Waals surface area contributed by atoms with Crippen LogP contribution in [0.15, 0.2) is 42.5 Å². The Morgan fingerprint density at radius 2 is 2.00 bits per heavy atom. The third-order valence-electron chi connectivity index (χ3n) is 3.55. The highest BCUT2D eigenvalue weighted by Gasteiger charge is 2.15. The van der Waals surface area contributed by atoms with Crippen molar-refractivity contribution in [3.8, 4) is 0 Å². The van der Waals surface area contributed by atoms with Gasteiger partial charge in [0.25, 0.3) is 0 Å². The fourth-order valence-electron chi connectivity index (χ4n) is 2.28. The number of para-hydroxylation sites is 1. The van der Waals surface area contributed by atoms with E-state index in [-0.39, 0.29) is 24.6 Å². The van der Waals surface area contributed by atoms with E-state index in [2.05, 4.69) is 10.3 Å². The van der Waals surface area contributed by atoms with Gasteiger partial charge in [-0.2, -0.15) is 0 Å². The number of benzene rings is 2. The lowest BCUT2D eigenvalue weighted by Gasteiger charge is -2.17. The highest BCUT2D eigenvalue weighted by Crippen LogP contribution is 2.13. The number of hydrogen-bond acceptors (Lipinski definition) is 3. The van der Waals surface area contributed by atoms with Crippen molar-refractivity contribution in [2.45, 2.75) is 13.1 Å². The van der Waals surface area contributed by atoms with Gasteiger partial charge in [-0.05, 0) is 18.2 Å². The molecule has 2 aromatic carbocycles. The smallest absolute Gasteiger partial charge is 0.244 e.